The Kier molecular flexibility index (Phi) is 7.67. The fourth-order valence-corrected chi connectivity index (χ4v) is 5.68. The van der Waals surface area contributed by atoms with E-state index in [1.807, 2.05) is 36.3 Å². The molecule has 0 bridgehead atoms. The van der Waals surface area contributed by atoms with Crippen molar-refractivity contribution in [2.45, 2.75) is 71.6 Å². The zero-order valence-corrected chi connectivity index (χ0v) is 22.5. The monoisotopic (exact) mass is 510 g/mol. The van der Waals surface area contributed by atoms with Crippen LogP contribution in [0.25, 0.3) is 0 Å². The molecular weight excluding hydrogens is 476 g/mol. The Hall–Kier alpha value is -2.96. The van der Waals surface area contributed by atoms with Crippen LogP contribution >= 0.6 is 11.3 Å². The second kappa shape index (κ2) is 10.6. The number of anilines is 1. The average molecular weight is 511 g/mol. The van der Waals surface area contributed by atoms with E-state index in [0.717, 1.165) is 21.7 Å². The van der Waals surface area contributed by atoms with Crippen molar-refractivity contribution in [2.24, 2.45) is 0 Å². The summed E-state index contributed by atoms with van der Waals surface area (Å²) in [6.07, 6.45) is 0.863. The van der Waals surface area contributed by atoms with Crippen LogP contribution in [0.1, 0.15) is 67.8 Å². The first-order valence-electron chi connectivity index (χ1n) is 12.5. The molecule has 1 amide bonds. The summed E-state index contributed by atoms with van der Waals surface area (Å²) < 4.78 is 11.4. The third-order valence-electron chi connectivity index (χ3n) is 6.76. The van der Waals surface area contributed by atoms with Crippen LogP contribution in [-0.2, 0) is 38.5 Å². The number of hydrogen-bond acceptors (Lipinski definition) is 8. The zero-order valence-electron chi connectivity index (χ0n) is 21.7. The fraction of sp³-hybridized carbons (Fsp3) is 0.556. The molecule has 9 heteroatoms. The van der Waals surface area contributed by atoms with E-state index >= 15 is 0 Å². The number of hydrogen-bond donors (Lipinski definition) is 0. The molecule has 2 aromatic rings. The van der Waals surface area contributed by atoms with Crippen molar-refractivity contribution in [3.63, 3.8) is 0 Å². The van der Waals surface area contributed by atoms with Crippen LogP contribution in [0.15, 0.2) is 17.5 Å². The van der Waals surface area contributed by atoms with Crippen LogP contribution in [0.3, 0.4) is 0 Å². The van der Waals surface area contributed by atoms with E-state index in [9.17, 15) is 14.9 Å². The number of esters is 1. The van der Waals surface area contributed by atoms with Crippen LogP contribution in [0.4, 0.5) is 5.82 Å². The van der Waals surface area contributed by atoms with Crippen LogP contribution in [0.2, 0.25) is 0 Å². The minimum absolute atomic E-state index is 0.101. The van der Waals surface area contributed by atoms with Gasteiger partial charge >= 0.3 is 5.97 Å². The molecule has 4 heterocycles. The number of piperazine rings is 1. The van der Waals surface area contributed by atoms with Gasteiger partial charge in [-0.25, -0.2) is 9.78 Å². The second-order valence-electron chi connectivity index (χ2n) is 10.2. The summed E-state index contributed by atoms with van der Waals surface area (Å²) in [5.41, 5.74) is 3.04. The smallest absolute Gasteiger partial charge is 0.330 e. The van der Waals surface area contributed by atoms with Gasteiger partial charge in [0.2, 0.25) is 5.91 Å². The summed E-state index contributed by atoms with van der Waals surface area (Å²) in [7, 11) is 0. The van der Waals surface area contributed by atoms with Crippen molar-refractivity contribution in [1.82, 2.24) is 9.88 Å². The molecule has 1 atom stereocenters. The van der Waals surface area contributed by atoms with Gasteiger partial charge in [-0.15, -0.1) is 11.3 Å². The van der Waals surface area contributed by atoms with Crippen molar-refractivity contribution in [2.75, 3.05) is 31.1 Å². The van der Waals surface area contributed by atoms with Gasteiger partial charge in [-0.1, -0.05) is 19.9 Å². The predicted octanol–water partition coefficient (Wildman–Crippen LogP) is 3.81. The molecule has 0 aromatic carbocycles. The third kappa shape index (κ3) is 5.25. The lowest BCUT2D eigenvalue weighted by molar-refractivity contribution is -0.155. The molecule has 0 radical (unpaired) electrons. The highest BCUT2D eigenvalue weighted by atomic mass is 32.1. The molecule has 36 heavy (non-hydrogen) atoms. The average Bonchev–Trinajstić information content (AvgIpc) is 3.35. The Labute approximate surface area is 216 Å². The molecule has 2 aliphatic rings. The Morgan fingerprint density at radius 1 is 1.33 bits per heavy atom. The number of ether oxygens (including phenoxy) is 2. The Morgan fingerprint density at radius 3 is 2.75 bits per heavy atom. The quantitative estimate of drug-likeness (QED) is 0.545. The maximum atomic E-state index is 13.2. The second-order valence-corrected chi connectivity index (χ2v) is 11.2. The van der Waals surface area contributed by atoms with Crippen LogP contribution in [0, 0.1) is 11.3 Å². The maximum Gasteiger partial charge on any atom is 0.330 e. The number of rotatable bonds is 6. The number of nitriles is 1. The largest absolute Gasteiger partial charge is 0.464 e. The highest BCUT2D eigenvalue weighted by Crippen LogP contribution is 2.38. The van der Waals surface area contributed by atoms with Crippen molar-refractivity contribution >= 4 is 29.0 Å². The summed E-state index contributed by atoms with van der Waals surface area (Å²) in [5.74, 6) is 0.189. The summed E-state index contributed by atoms with van der Waals surface area (Å²) in [5, 5.41) is 12.2. The molecule has 2 aromatic heterocycles. The van der Waals surface area contributed by atoms with Crippen molar-refractivity contribution in [3.05, 3.63) is 44.8 Å². The molecule has 0 N–H and O–H groups in total. The first kappa shape index (κ1) is 26.1. The van der Waals surface area contributed by atoms with Gasteiger partial charge in [-0.05, 0) is 43.7 Å². The minimum atomic E-state index is -0.766. The van der Waals surface area contributed by atoms with Gasteiger partial charge in [-0.3, -0.25) is 4.79 Å². The number of pyridine rings is 1. The van der Waals surface area contributed by atoms with Gasteiger partial charge in [-0.2, -0.15) is 5.26 Å². The number of carbonyl (C=O) groups is 2. The van der Waals surface area contributed by atoms with Crippen LogP contribution in [0.5, 0.6) is 0 Å². The summed E-state index contributed by atoms with van der Waals surface area (Å²) in [4.78, 5) is 35.7. The topological polar surface area (TPSA) is 95.8 Å². The number of amides is 1. The third-order valence-corrected chi connectivity index (χ3v) is 7.63. The van der Waals surface area contributed by atoms with E-state index in [1.165, 1.54) is 11.3 Å². The predicted molar refractivity (Wildman–Crippen MR) is 138 cm³/mol. The standard InChI is InChI=1S/C27H34N4O4S/c1-6-34-26(33)22-15-30(9-10-31(22)23(32)12-18-8-7-11-36-18)25-20(14-28)19-13-27(4,5)35-16-21(19)24(29-25)17(2)3/h7-8,11,17,22H,6,9-10,12-13,15-16H2,1-5H3. The summed E-state index contributed by atoms with van der Waals surface area (Å²) in [6.45, 7) is 11.7. The fourth-order valence-electron chi connectivity index (χ4n) is 4.98. The molecule has 1 unspecified atom stereocenters. The van der Waals surface area contributed by atoms with Crippen molar-refractivity contribution < 1.29 is 19.1 Å². The van der Waals surface area contributed by atoms with Gasteiger partial charge < -0.3 is 19.3 Å². The van der Waals surface area contributed by atoms with E-state index < -0.39 is 12.0 Å². The molecule has 4 rings (SSSR count). The molecule has 1 saturated heterocycles. The highest BCUT2D eigenvalue weighted by molar-refractivity contribution is 7.10. The molecule has 0 spiro atoms. The number of thiophene rings is 1. The van der Waals surface area contributed by atoms with E-state index in [4.69, 9.17) is 14.5 Å². The molecule has 0 saturated carbocycles. The van der Waals surface area contributed by atoms with Crippen molar-refractivity contribution in [1.29, 1.82) is 5.26 Å². The first-order valence-corrected chi connectivity index (χ1v) is 13.4. The van der Waals surface area contributed by atoms with Crippen molar-refractivity contribution in [3.8, 4) is 6.07 Å². The molecule has 192 valence electrons. The Balaban J connectivity index is 1.70. The van der Waals surface area contributed by atoms with E-state index in [2.05, 4.69) is 19.9 Å². The maximum absolute atomic E-state index is 13.2. The first-order chi connectivity index (χ1) is 17.1. The number of carbonyl (C=O) groups excluding carboxylic acids is 2. The van der Waals surface area contributed by atoms with Crippen LogP contribution in [-0.4, -0.2) is 59.6 Å². The molecule has 1 fully saturated rings. The SMILES string of the molecule is CCOC(=O)C1CN(c2nc(C(C)C)c3c(c2C#N)CC(C)(C)OC3)CCN1C(=O)Cc1cccs1. The number of aromatic nitrogens is 1. The Bertz CT molecular complexity index is 1170. The number of nitrogens with zero attached hydrogens (tertiary/aromatic N) is 4. The zero-order chi connectivity index (χ0) is 26.0. The van der Waals surface area contributed by atoms with Gasteiger partial charge in [0.1, 0.15) is 17.9 Å². The van der Waals surface area contributed by atoms with Gasteiger partial charge in [0.15, 0.2) is 0 Å². The summed E-state index contributed by atoms with van der Waals surface area (Å²) >= 11 is 1.52. The number of fused-ring (bicyclic) bond motifs is 1. The lowest BCUT2D eigenvalue weighted by Gasteiger charge is -2.42. The molecular formula is C27H34N4O4S. The minimum Gasteiger partial charge on any atom is -0.464 e. The van der Waals surface area contributed by atoms with E-state index in [1.54, 1.807) is 11.8 Å². The Morgan fingerprint density at radius 2 is 2.11 bits per heavy atom. The van der Waals surface area contributed by atoms with Gasteiger partial charge in [0, 0.05) is 30.0 Å². The van der Waals surface area contributed by atoms with Gasteiger partial charge in [0.25, 0.3) is 0 Å². The highest BCUT2D eigenvalue weighted by Gasteiger charge is 2.39. The van der Waals surface area contributed by atoms with E-state index in [-0.39, 0.29) is 37.0 Å². The lowest BCUT2D eigenvalue weighted by Crippen LogP contribution is -2.59. The normalized spacial score (nSPS) is 19.1. The molecule has 8 nitrogen and oxygen atoms in total. The van der Waals surface area contributed by atoms with Crippen LogP contribution < -0.4 is 4.90 Å². The lowest BCUT2D eigenvalue weighted by atomic mass is 9.86. The van der Waals surface area contributed by atoms with E-state index in [0.29, 0.717) is 37.5 Å². The molecule has 2 aliphatic heterocycles. The summed E-state index contributed by atoms with van der Waals surface area (Å²) in [6, 6.07) is 5.48. The van der Waals surface area contributed by atoms with Gasteiger partial charge in [0.05, 0.1) is 43.0 Å². The molecule has 0 aliphatic carbocycles.